The van der Waals surface area contributed by atoms with Gasteiger partial charge in [0.05, 0.1) is 24.9 Å². The number of methoxy groups -OCH3 is 1. The molecule has 1 N–H and O–H groups in total. The van der Waals surface area contributed by atoms with Crippen molar-refractivity contribution in [3.05, 3.63) is 53.7 Å². The maximum Gasteiger partial charge on any atom is 0.253 e. The first-order valence-corrected chi connectivity index (χ1v) is 8.51. The third kappa shape index (κ3) is 6.72. The Hall–Kier alpha value is -2.60. The first-order chi connectivity index (χ1) is 12.4. The van der Waals surface area contributed by atoms with Crippen LogP contribution in [0.15, 0.2) is 42.6 Å². The molecule has 140 valence electrons. The minimum atomic E-state index is -0.193. The van der Waals surface area contributed by atoms with Crippen LogP contribution < -0.4 is 14.8 Å². The van der Waals surface area contributed by atoms with Gasteiger partial charge in [-0.05, 0) is 44.5 Å². The van der Waals surface area contributed by atoms with Crippen LogP contribution in [0, 0.1) is 0 Å². The van der Waals surface area contributed by atoms with E-state index in [1.54, 1.807) is 19.2 Å². The van der Waals surface area contributed by atoms with Crippen molar-refractivity contribution in [1.29, 1.82) is 0 Å². The second-order valence-electron chi connectivity index (χ2n) is 6.73. The normalized spacial score (nSPS) is 11.1. The lowest BCUT2D eigenvalue weighted by atomic mass is 10.2. The molecule has 0 aliphatic carbocycles. The van der Waals surface area contributed by atoms with E-state index in [0.29, 0.717) is 31.2 Å². The highest BCUT2D eigenvalue weighted by atomic mass is 16.5. The molecule has 1 heterocycles. The minimum Gasteiger partial charge on any atom is -0.497 e. The Morgan fingerprint density at radius 1 is 1.15 bits per heavy atom. The number of hydrogen-bond acceptors (Lipinski definition) is 5. The van der Waals surface area contributed by atoms with E-state index in [2.05, 4.69) is 10.3 Å². The summed E-state index contributed by atoms with van der Waals surface area (Å²) < 4.78 is 16.3. The summed E-state index contributed by atoms with van der Waals surface area (Å²) in [7, 11) is 1.61. The number of nitrogens with one attached hydrogen (secondary N) is 1. The van der Waals surface area contributed by atoms with E-state index in [1.165, 1.54) is 6.20 Å². The van der Waals surface area contributed by atoms with Crippen LogP contribution in [0.2, 0.25) is 0 Å². The average molecular weight is 358 g/mol. The van der Waals surface area contributed by atoms with Gasteiger partial charge in [0.2, 0.25) is 5.88 Å². The lowest BCUT2D eigenvalue weighted by Gasteiger charge is -2.19. The SMILES string of the molecule is COc1cccc(CNC(=O)c2ccc(OCCOC(C)(C)C)nc2)c1. The summed E-state index contributed by atoms with van der Waals surface area (Å²) in [5.41, 5.74) is 1.25. The molecule has 0 saturated heterocycles. The number of aromatic nitrogens is 1. The molecule has 0 atom stereocenters. The first kappa shape index (κ1) is 19.7. The summed E-state index contributed by atoms with van der Waals surface area (Å²) in [6.45, 7) is 7.27. The number of amides is 1. The van der Waals surface area contributed by atoms with Crippen molar-refractivity contribution in [1.82, 2.24) is 10.3 Å². The van der Waals surface area contributed by atoms with Crippen LogP contribution in [-0.4, -0.2) is 36.8 Å². The number of nitrogens with zero attached hydrogens (tertiary/aromatic N) is 1. The molecule has 26 heavy (non-hydrogen) atoms. The molecule has 0 radical (unpaired) electrons. The molecule has 2 rings (SSSR count). The fraction of sp³-hybridized carbons (Fsp3) is 0.400. The van der Waals surface area contributed by atoms with Crippen LogP contribution in [0.5, 0.6) is 11.6 Å². The summed E-state index contributed by atoms with van der Waals surface area (Å²) in [4.78, 5) is 16.4. The highest BCUT2D eigenvalue weighted by molar-refractivity contribution is 5.93. The van der Waals surface area contributed by atoms with Gasteiger partial charge >= 0.3 is 0 Å². The molecule has 0 saturated carbocycles. The molecule has 1 aromatic heterocycles. The molecule has 0 aliphatic heterocycles. The quantitative estimate of drug-likeness (QED) is 0.734. The van der Waals surface area contributed by atoms with Gasteiger partial charge in [-0.1, -0.05) is 12.1 Å². The summed E-state index contributed by atoms with van der Waals surface area (Å²) in [5.74, 6) is 1.03. The van der Waals surface area contributed by atoms with Crippen LogP contribution in [-0.2, 0) is 11.3 Å². The molecular formula is C20H26N2O4. The smallest absolute Gasteiger partial charge is 0.253 e. The Balaban J connectivity index is 1.80. The van der Waals surface area contributed by atoms with Crippen molar-refractivity contribution in [3.63, 3.8) is 0 Å². The van der Waals surface area contributed by atoms with E-state index in [1.807, 2.05) is 45.0 Å². The fourth-order valence-corrected chi connectivity index (χ4v) is 2.16. The molecule has 0 unspecified atom stereocenters. The molecule has 0 aliphatic rings. The van der Waals surface area contributed by atoms with Gasteiger partial charge in [-0.3, -0.25) is 4.79 Å². The van der Waals surface area contributed by atoms with Gasteiger partial charge in [0.25, 0.3) is 5.91 Å². The van der Waals surface area contributed by atoms with E-state index in [4.69, 9.17) is 14.2 Å². The van der Waals surface area contributed by atoms with Crippen LogP contribution in [0.4, 0.5) is 0 Å². The Kier molecular flexibility index (Phi) is 6.97. The summed E-state index contributed by atoms with van der Waals surface area (Å²) >= 11 is 0. The van der Waals surface area contributed by atoms with Gasteiger partial charge in [-0.15, -0.1) is 0 Å². The fourth-order valence-electron chi connectivity index (χ4n) is 2.16. The van der Waals surface area contributed by atoms with Crippen LogP contribution >= 0.6 is 0 Å². The van der Waals surface area contributed by atoms with Crippen molar-refractivity contribution in [2.45, 2.75) is 32.9 Å². The van der Waals surface area contributed by atoms with Crippen molar-refractivity contribution in [2.24, 2.45) is 0 Å². The number of carbonyl (C=O) groups is 1. The zero-order valence-electron chi connectivity index (χ0n) is 15.7. The second kappa shape index (κ2) is 9.20. The van der Waals surface area contributed by atoms with Gasteiger partial charge in [0.15, 0.2) is 0 Å². The van der Waals surface area contributed by atoms with Crippen molar-refractivity contribution < 1.29 is 19.0 Å². The maximum atomic E-state index is 12.2. The predicted octanol–water partition coefficient (Wildman–Crippen LogP) is 3.21. The monoisotopic (exact) mass is 358 g/mol. The van der Waals surface area contributed by atoms with Gasteiger partial charge < -0.3 is 19.5 Å². The molecule has 6 nitrogen and oxygen atoms in total. The minimum absolute atomic E-state index is 0.192. The maximum absolute atomic E-state index is 12.2. The number of benzene rings is 1. The van der Waals surface area contributed by atoms with Crippen LogP contribution in [0.3, 0.4) is 0 Å². The number of ether oxygens (including phenoxy) is 3. The van der Waals surface area contributed by atoms with Gasteiger partial charge in [0.1, 0.15) is 12.4 Å². The third-order valence-electron chi connectivity index (χ3n) is 3.45. The molecule has 1 amide bonds. The number of hydrogen-bond donors (Lipinski definition) is 1. The summed E-state index contributed by atoms with van der Waals surface area (Å²) in [6, 6.07) is 10.9. The number of rotatable bonds is 8. The van der Waals surface area contributed by atoms with E-state index < -0.39 is 0 Å². The van der Waals surface area contributed by atoms with E-state index in [9.17, 15) is 4.79 Å². The molecule has 0 spiro atoms. The summed E-state index contributed by atoms with van der Waals surface area (Å²) in [5, 5.41) is 2.86. The molecular weight excluding hydrogens is 332 g/mol. The van der Waals surface area contributed by atoms with E-state index >= 15 is 0 Å². The number of pyridine rings is 1. The molecule has 0 bridgehead atoms. The van der Waals surface area contributed by atoms with Crippen LogP contribution in [0.1, 0.15) is 36.7 Å². The zero-order valence-corrected chi connectivity index (χ0v) is 15.7. The van der Waals surface area contributed by atoms with E-state index in [0.717, 1.165) is 11.3 Å². The predicted molar refractivity (Wildman–Crippen MR) is 99.6 cm³/mol. The third-order valence-corrected chi connectivity index (χ3v) is 3.45. The Bertz CT molecular complexity index is 708. The average Bonchev–Trinajstić information content (AvgIpc) is 2.63. The largest absolute Gasteiger partial charge is 0.497 e. The van der Waals surface area contributed by atoms with Gasteiger partial charge in [0, 0.05) is 18.8 Å². The molecule has 6 heteroatoms. The summed E-state index contributed by atoms with van der Waals surface area (Å²) in [6.07, 6.45) is 1.50. The second-order valence-corrected chi connectivity index (χ2v) is 6.73. The zero-order chi connectivity index (χ0) is 19.0. The Morgan fingerprint density at radius 2 is 1.96 bits per heavy atom. The molecule has 1 aromatic carbocycles. The molecule has 0 fully saturated rings. The highest BCUT2D eigenvalue weighted by Crippen LogP contribution is 2.13. The van der Waals surface area contributed by atoms with Crippen molar-refractivity contribution in [3.8, 4) is 11.6 Å². The topological polar surface area (TPSA) is 69.7 Å². The van der Waals surface area contributed by atoms with Gasteiger partial charge in [-0.2, -0.15) is 0 Å². The van der Waals surface area contributed by atoms with Gasteiger partial charge in [-0.25, -0.2) is 4.98 Å². The highest BCUT2D eigenvalue weighted by Gasteiger charge is 2.10. The Labute approximate surface area is 154 Å². The van der Waals surface area contributed by atoms with Crippen LogP contribution in [0.25, 0.3) is 0 Å². The van der Waals surface area contributed by atoms with Crippen molar-refractivity contribution >= 4 is 5.91 Å². The lowest BCUT2D eigenvalue weighted by molar-refractivity contribution is -0.0168. The Morgan fingerprint density at radius 3 is 2.62 bits per heavy atom. The van der Waals surface area contributed by atoms with Crippen molar-refractivity contribution in [2.75, 3.05) is 20.3 Å². The lowest BCUT2D eigenvalue weighted by Crippen LogP contribution is -2.23. The molecule has 2 aromatic rings. The standard InChI is InChI=1S/C20H26N2O4/c1-20(2,3)26-11-10-25-18-9-8-16(14-21-18)19(23)22-13-15-6-5-7-17(12-15)24-4/h5-9,12,14H,10-11,13H2,1-4H3,(H,22,23). The first-order valence-electron chi connectivity index (χ1n) is 8.51. The van der Waals surface area contributed by atoms with E-state index in [-0.39, 0.29) is 11.5 Å². The number of carbonyl (C=O) groups excluding carboxylic acids is 1.